The Hall–Kier alpha value is -3.71. The van der Waals surface area contributed by atoms with Gasteiger partial charge in [-0.3, -0.25) is 24.2 Å². The Morgan fingerprint density at radius 2 is 1.64 bits per heavy atom. The zero-order chi connectivity index (χ0) is 22.8. The number of furan rings is 1. The summed E-state index contributed by atoms with van der Waals surface area (Å²) in [5.74, 6) is -0.556. The van der Waals surface area contributed by atoms with Gasteiger partial charge in [-0.15, -0.1) is 0 Å². The third-order valence-electron chi connectivity index (χ3n) is 6.28. The molecule has 1 saturated heterocycles. The van der Waals surface area contributed by atoms with Gasteiger partial charge in [0.25, 0.3) is 17.7 Å². The molecule has 3 aromatic rings. The van der Waals surface area contributed by atoms with Gasteiger partial charge in [0.1, 0.15) is 5.76 Å². The summed E-state index contributed by atoms with van der Waals surface area (Å²) in [6.45, 7) is 3.57. The molecule has 1 fully saturated rings. The van der Waals surface area contributed by atoms with Crippen molar-refractivity contribution >= 4 is 17.7 Å². The predicted molar refractivity (Wildman–Crippen MR) is 121 cm³/mol. The molecule has 5 rings (SSSR count). The Balaban J connectivity index is 1.27. The van der Waals surface area contributed by atoms with Crippen LogP contribution in [0.25, 0.3) is 0 Å². The minimum absolute atomic E-state index is 0.0642. The van der Waals surface area contributed by atoms with E-state index in [9.17, 15) is 14.4 Å². The van der Waals surface area contributed by atoms with E-state index in [1.807, 2.05) is 18.2 Å². The lowest BCUT2D eigenvalue weighted by Crippen LogP contribution is -2.28. The summed E-state index contributed by atoms with van der Waals surface area (Å²) in [6.07, 6.45) is 3.97. The summed E-state index contributed by atoms with van der Waals surface area (Å²) in [5.41, 5.74) is 3.19. The quantitative estimate of drug-likeness (QED) is 0.564. The number of carbonyl (C=O) groups is 3. The number of hydrogen-bond acceptors (Lipinski definition) is 5. The summed E-state index contributed by atoms with van der Waals surface area (Å²) in [6, 6.07) is 16.2. The number of likely N-dealkylation sites (tertiary alicyclic amines) is 1. The minimum atomic E-state index is -0.419. The summed E-state index contributed by atoms with van der Waals surface area (Å²) >= 11 is 0. The van der Waals surface area contributed by atoms with Crippen LogP contribution in [0.1, 0.15) is 60.8 Å². The van der Waals surface area contributed by atoms with E-state index >= 15 is 0 Å². The standard InChI is InChI=1S/C26H25N3O4/c30-24(27-15-19-6-1-2-7-20(19)16-28-11-3-4-12-28)18-9-10-22-23(14-18)26(32)29(25(22)31)17-21-8-5-13-33-21/h1-2,5-10,13-14H,3-4,11-12,15-17H2,(H,27,30). The molecular weight excluding hydrogens is 418 g/mol. The summed E-state index contributed by atoms with van der Waals surface area (Å²) in [4.78, 5) is 41.9. The SMILES string of the molecule is O=C(NCc1ccccc1CN1CCCC1)c1ccc2c(c1)C(=O)N(Cc1ccco1)C2=O. The van der Waals surface area contributed by atoms with E-state index in [2.05, 4.69) is 16.3 Å². The second-order valence-electron chi connectivity index (χ2n) is 8.47. The second-order valence-corrected chi connectivity index (χ2v) is 8.47. The molecule has 7 nitrogen and oxygen atoms in total. The first-order valence-corrected chi connectivity index (χ1v) is 11.2. The normalized spacial score (nSPS) is 15.8. The lowest BCUT2D eigenvalue weighted by molar-refractivity contribution is 0.0631. The molecule has 0 unspecified atom stereocenters. The van der Waals surface area contributed by atoms with E-state index in [0.29, 0.717) is 23.4 Å². The van der Waals surface area contributed by atoms with E-state index in [-0.39, 0.29) is 23.9 Å². The molecule has 0 spiro atoms. The molecule has 7 heteroatoms. The third kappa shape index (κ3) is 4.32. The maximum absolute atomic E-state index is 12.9. The summed E-state index contributed by atoms with van der Waals surface area (Å²) in [7, 11) is 0. The first kappa shape index (κ1) is 21.2. The molecule has 0 aliphatic carbocycles. The molecule has 1 aromatic heterocycles. The number of fused-ring (bicyclic) bond motifs is 1. The molecule has 2 aliphatic rings. The van der Waals surface area contributed by atoms with E-state index < -0.39 is 5.91 Å². The molecule has 33 heavy (non-hydrogen) atoms. The molecule has 0 saturated carbocycles. The van der Waals surface area contributed by atoms with E-state index in [4.69, 9.17) is 4.42 Å². The molecular formula is C26H25N3O4. The van der Waals surface area contributed by atoms with E-state index in [0.717, 1.165) is 30.1 Å². The van der Waals surface area contributed by atoms with Gasteiger partial charge in [-0.25, -0.2) is 0 Å². The second kappa shape index (κ2) is 9.03. The topological polar surface area (TPSA) is 82.9 Å². The van der Waals surface area contributed by atoms with Crippen molar-refractivity contribution in [3.05, 3.63) is 94.4 Å². The van der Waals surface area contributed by atoms with Crippen LogP contribution in [0.2, 0.25) is 0 Å². The zero-order valence-electron chi connectivity index (χ0n) is 18.3. The van der Waals surface area contributed by atoms with Crippen LogP contribution in [0.3, 0.4) is 0 Å². The van der Waals surface area contributed by atoms with Gasteiger partial charge < -0.3 is 9.73 Å². The van der Waals surface area contributed by atoms with Gasteiger partial charge in [-0.2, -0.15) is 0 Å². The average molecular weight is 444 g/mol. The largest absolute Gasteiger partial charge is 0.467 e. The predicted octanol–water partition coefficient (Wildman–Crippen LogP) is 3.60. The van der Waals surface area contributed by atoms with Gasteiger partial charge in [0.2, 0.25) is 0 Å². The number of nitrogens with one attached hydrogen (secondary N) is 1. The Morgan fingerprint density at radius 3 is 2.39 bits per heavy atom. The number of amides is 3. The number of imide groups is 1. The van der Waals surface area contributed by atoms with Gasteiger partial charge in [0.05, 0.1) is 23.9 Å². The molecule has 168 valence electrons. The van der Waals surface area contributed by atoms with Crippen molar-refractivity contribution in [3.63, 3.8) is 0 Å². The monoisotopic (exact) mass is 443 g/mol. The van der Waals surface area contributed by atoms with Crippen molar-refractivity contribution < 1.29 is 18.8 Å². The average Bonchev–Trinajstić information content (AvgIpc) is 3.58. The number of rotatable bonds is 7. The van der Waals surface area contributed by atoms with E-state index in [1.165, 1.54) is 30.7 Å². The Bertz CT molecular complexity index is 1200. The molecule has 2 aromatic carbocycles. The Kier molecular flexibility index (Phi) is 5.79. The zero-order valence-corrected chi connectivity index (χ0v) is 18.3. The van der Waals surface area contributed by atoms with Gasteiger partial charge in [0, 0.05) is 18.7 Å². The van der Waals surface area contributed by atoms with Gasteiger partial charge in [-0.05, 0) is 67.4 Å². The highest BCUT2D eigenvalue weighted by atomic mass is 16.3. The summed E-state index contributed by atoms with van der Waals surface area (Å²) in [5, 5.41) is 2.96. The van der Waals surface area contributed by atoms with Gasteiger partial charge in [-0.1, -0.05) is 24.3 Å². The lowest BCUT2D eigenvalue weighted by Gasteiger charge is -2.17. The number of benzene rings is 2. The van der Waals surface area contributed by atoms with Crippen LogP contribution < -0.4 is 5.32 Å². The van der Waals surface area contributed by atoms with Crippen LogP contribution in [0.5, 0.6) is 0 Å². The molecule has 2 aliphatic heterocycles. The summed E-state index contributed by atoms with van der Waals surface area (Å²) < 4.78 is 5.26. The van der Waals surface area contributed by atoms with Crippen LogP contribution in [0, 0.1) is 0 Å². The first-order valence-electron chi connectivity index (χ1n) is 11.2. The number of nitrogens with zero attached hydrogens (tertiary/aromatic N) is 2. The molecule has 1 N–H and O–H groups in total. The molecule has 0 bridgehead atoms. The number of hydrogen-bond donors (Lipinski definition) is 1. The molecule has 0 radical (unpaired) electrons. The smallest absolute Gasteiger partial charge is 0.261 e. The van der Waals surface area contributed by atoms with Crippen LogP contribution >= 0.6 is 0 Å². The van der Waals surface area contributed by atoms with Crippen molar-refractivity contribution in [1.29, 1.82) is 0 Å². The Morgan fingerprint density at radius 1 is 0.879 bits per heavy atom. The highest BCUT2D eigenvalue weighted by molar-refractivity contribution is 6.22. The molecule has 3 amide bonds. The van der Waals surface area contributed by atoms with Crippen molar-refractivity contribution in [2.45, 2.75) is 32.5 Å². The fourth-order valence-electron chi connectivity index (χ4n) is 4.48. The molecule has 0 atom stereocenters. The first-order chi connectivity index (χ1) is 16.1. The van der Waals surface area contributed by atoms with Crippen LogP contribution in [-0.2, 0) is 19.6 Å². The highest BCUT2D eigenvalue weighted by Gasteiger charge is 2.36. The van der Waals surface area contributed by atoms with Crippen molar-refractivity contribution in [1.82, 2.24) is 15.1 Å². The minimum Gasteiger partial charge on any atom is -0.467 e. The fourth-order valence-corrected chi connectivity index (χ4v) is 4.48. The van der Waals surface area contributed by atoms with Crippen molar-refractivity contribution in [3.8, 4) is 0 Å². The van der Waals surface area contributed by atoms with Gasteiger partial charge in [0.15, 0.2) is 0 Å². The van der Waals surface area contributed by atoms with Crippen molar-refractivity contribution in [2.24, 2.45) is 0 Å². The van der Waals surface area contributed by atoms with E-state index in [1.54, 1.807) is 24.3 Å². The highest BCUT2D eigenvalue weighted by Crippen LogP contribution is 2.26. The maximum Gasteiger partial charge on any atom is 0.261 e. The molecule has 3 heterocycles. The van der Waals surface area contributed by atoms with Gasteiger partial charge >= 0.3 is 0 Å². The van der Waals surface area contributed by atoms with Crippen molar-refractivity contribution in [2.75, 3.05) is 13.1 Å². The fraction of sp³-hybridized carbons (Fsp3) is 0.269. The maximum atomic E-state index is 12.9. The third-order valence-corrected chi connectivity index (χ3v) is 6.28. The van der Waals surface area contributed by atoms with Crippen LogP contribution in [0.4, 0.5) is 0 Å². The van der Waals surface area contributed by atoms with Crippen LogP contribution in [0.15, 0.2) is 65.3 Å². The lowest BCUT2D eigenvalue weighted by atomic mass is 10.0. The van der Waals surface area contributed by atoms with Crippen LogP contribution in [-0.4, -0.2) is 40.6 Å². The number of carbonyl (C=O) groups excluding carboxylic acids is 3. The Labute approximate surface area is 192 Å².